The summed E-state index contributed by atoms with van der Waals surface area (Å²) in [5.41, 5.74) is 13.2. The van der Waals surface area contributed by atoms with Gasteiger partial charge < -0.3 is 29.2 Å². The minimum atomic E-state index is 0. The average molecular weight is 1070 g/mol. The number of para-hydroxylation sites is 1. The van der Waals surface area contributed by atoms with Crippen LogP contribution in [0.3, 0.4) is 0 Å². The van der Waals surface area contributed by atoms with E-state index in [4.69, 9.17) is 18.9 Å². The predicted molar refractivity (Wildman–Crippen MR) is 341 cm³/mol. The van der Waals surface area contributed by atoms with Gasteiger partial charge in [-0.3, -0.25) is 0 Å². The van der Waals surface area contributed by atoms with E-state index in [2.05, 4.69) is 79.3 Å². The van der Waals surface area contributed by atoms with Gasteiger partial charge in [-0.1, -0.05) is 158 Å². The molecule has 0 aromatic heterocycles. The molecule has 0 aliphatic rings. The van der Waals surface area contributed by atoms with Crippen molar-refractivity contribution in [2.24, 2.45) is 0 Å². The smallest absolute Gasteiger partial charge is 0.133 e. The van der Waals surface area contributed by atoms with Gasteiger partial charge in [-0.05, 0) is 229 Å². The van der Waals surface area contributed by atoms with Gasteiger partial charge in [-0.15, -0.1) is 6.58 Å². The molecule has 432 valence electrons. The third kappa shape index (κ3) is 21.9. The Labute approximate surface area is 477 Å². The molecule has 0 spiro atoms. The van der Waals surface area contributed by atoms with Crippen molar-refractivity contribution in [3.63, 3.8) is 0 Å². The molecule has 0 heterocycles. The van der Waals surface area contributed by atoms with Gasteiger partial charge in [0.2, 0.25) is 0 Å². The first kappa shape index (κ1) is 71.9. The van der Waals surface area contributed by atoms with Gasteiger partial charge >= 0.3 is 0 Å². The van der Waals surface area contributed by atoms with Crippen molar-refractivity contribution in [1.29, 1.82) is 0 Å². The average Bonchev–Trinajstić information content (AvgIpc) is 3.34. The zero-order valence-corrected chi connectivity index (χ0v) is 48.3. The fourth-order valence-electron chi connectivity index (χ4n) is 9.54. The first-order valence-corrected chi connectivity index (χ1v) is 27.6. The predicted octanol–water partition coefficient (Wildman–Crippen LogP) is 24.0. The van der Waals surface area contributed by atoms with Crippen LogP contribution in [-0.2, 0) is 0 Å². The zero-order chi connectivity index (χ0) is 54.5. The number of phenolic OH excluding ortho intramolecular Hbond substituents is 2. The summed E-state index contributed by atoms with van der Waals surface area (Å²) in [6.45, 7) is 34.6. The number of aryl methyl sites for hydroxylation is 12. The lowest BCUT2D eigenvalue weighted by Gasteiger charge is -2.19. The molecule has 0 radical (unpaired) electrons. The van der Waals surface area contributed by atoms with Crippen molar-refractivity contribution in [1.82, 2.24) is 0 Å². The molecule has 0 aliphatic heterocycles. The molecule has 0 saturated carbocycles. The van der Waals surface area contributed by atoms with E-state index in [1.54, 1.807) is 0 Å². The van der Waals surface area contributed by atoms with Crippen molar-refractivity contribution in [3.8, 4) is 57.5 Å². The second-order valence-electron chi connectivity index (χ2n) is 21.0. The van der Waals surface area contributed by atoms with Crippen LogP contribution in [0.1, 0.15) is 219 Å². The number of allylic oxidation sites excluding steroid dienone is 1. The van der Waals surface area contributed by atoms with E-state index in [-0.39, 0.29) is 29.7 Å². The number of aromatic hydroxyl groups is 2. The van der Waals surface area contributed by atoms with Crippen LogP contribution in [0.5, 0.6) is 57.5 Å². The van der Waals surface area contributed by atoms with Crippen LogP contribution < -0.4 is 18.9 Å². The van der Waals surface area contributed by atoms with Gasteiger partial charge in [0.15, 0.2) is 0 Å². The number of hydrogen-bond acceptors (Lipinski definition) is 6. The van der Waals surface area contributed by atoms with Gasteiger partial charge in [0.05, 0.1) is 0 Å². The summed E-state index contributed by atoms with van der Waals surface area (Å²) in [7, 11) is 0. The summed E-state index contributed by atoms with van der Waals surface area (Å²) in [4.78, 5) is 0. The topological polar surface area (TPSA) is 77.4 Å². The quantitative estimate of drug-likeness (QED) is 0.0492. The molecule has 6 aromatic carbocycles. The highest BCUT2D eigenvalue weighted by molar-refractivity contribution is 5.55. The molecule has 0 fully saturated rings. The van der Waals surface area contributed by atoms with Crippen LogP contribution in [0.25, 0.3) is 0 Å². The van der Waals surface area contributed by atoms with E-state index in [1.165, 1.54) is 107 Å². The molecule has 6 heteroatoms. The van der Waals surface area contributed by atoms with E-state index in [0.717, 1.165) is 102 Å². The Hall–Kier alpha value is -6.14. The SMILES string of the molecule is C.C.C.C.C=CCCCCCCCC.CCCCCCCCC(C)c1cc(C)c(Oc2cc(C)c(Oc3cc(C)c(O)c(C)c3)c(C)c2)c(C)c1.Cc1cc(Oc2c(C)cc(Oc3c(C)cccc3C)cc2C)cc(C)c1O. The third-order valence-corrected chi connectivity index (χ3v) is 13.9. The lowest BCUT2D eigenvalue weighted by Crippen LogP contribution is -1.99. The molecule has 1 atom stereocenters. The molecule has 6 aromatic rings. The van der Waals surface area contributed by atoms with Crippen LogP contribution in [0, 0.1) is 83.1 Å². The maximum Gasteiger partial charge on any atom is 0.133 e. The molecule has 6 rings (SSSR count). The Balaban J connectivity index is 0.00000127. The highest BCUT2D eigenvalue weighted by Crippen LogP contribution is 2.40. The zero-order valence-electron chi connectivity index (χ0n) is 48.3. The molecule has 78 heavy (non-hydrogen) atoms. The first-order chi connectivity index (χ1) is 35.3. The van der Waals surface area contributed by atoms with Crippen LogP contribution in [0.4, 0.5) is 0 Å². The second-order valence-corrected chi connectivity index (χ2v) is 21.0. The number of ether oxygens (including phenoxy) is 4. The minimum Gasteiger partial charge on any atom is -0.507 e. The van der Waals surface area contributed by atoms with Gasteiger partial charge in [-0.25, -0.2) is 0 Å². The second kappa shape index (κ2) is 36.1. The maximum absolute atomic E-state index is 10.1. The van der Waals surface area contributed by atoms with Crippen molar-refractivity contribution in [2.45, 2.75) is 229 Å². The molecule has 6 nitrogen and oxygen atoms in total. The monoisotopic (exact) mass is 1070 g/mol. The van der Waals surface area contributed by atoms with E-state index in [1.807, 2.05) is 116 Å². The summed E-state index contributed by atoms with van der Waals surface area (Å²) in [5, 5.41) is 20.0. The lowest BCUT2D eigenvalue weighted by atomic mass is 9.92. The standard InChI is InChI=1S/C34H46O3.C24H26O3.C10H20.4CH4/c1-9-10-11-12-13-14-15-22(2)29-16-25(5)33(26(6)17-29)37-31-20-27(7)34(28(8)21-31)36-30-18-23(3)32(35)24(4)19-30;1-14-8-7-9-15(2)23(14)26-21-12-18(5)24(19(6)13-21)27-20-10-16(3)22(25)17(4)11-20;1-3-5-7-9-10-8-6-4-2;;;;/h16-22,35H,9-15H2,1-8H3;7-13,25H,1-6H3;3H,1,4-10H2,2H3;4*1H4. The molecular weight excluding hydrogens is 961 g/mol. The Morgan fingerprint density at radius 3 is 0.974 bits per heavy atom. The van der Waals surface area contributed by atoms with Crippen LogP contribution in [-0.4, -0.2) is 10.2 Å². The van der Waals surface area contributed by atoms with Crippen LogP contribution in [0.15, 0.2) is 91.5 Å². The molecule has 0 amide bonds. The normalized spacial score (nSPS) is 10.7. The summed E-state index contributed by atoms with van der Waals surface area (Å²) >= 11 is 0. The highest BCUT2D eigenvalue weighted by Gasteiger charge is 2.17. The van der Waals surface area contributed by atoms with Gasteiger partial charge in [0, 0.05) is 0 Å². The largest absolute Gasteiger partial charge is 0.507 e. The number of hydrogen-bond donors (Lipinski definition) is 2. The van der Waals surface area contributed by atoms with Gasteiger partial charge in [0.1, 0.15) is 57.5 Å². The van der Waals surface area contributed by atoms with E-state index < -0.39 is 0 Å². The van der Waals surface area contributed by atoms with Crippen LogP contribution >= 0.6 is 0 Å². The van der Waals surface area contributed by atoms with Crippen LogP contribution in [0.2, 0.25) is 0 Å². The summed E-state index contributed by atoms with van der Waals surface area (Å²) in [6, 6.07) is 26.2. The number of rotatable bonds is 23. The summed E-state index contributed by atoms with van der Waals surface area (Å²) < 4.78 is 25.0. The first-order valence-electron chi connectivity index (χ1n) is 27.6. The fraction of sp³-hybridized carbons (Fsp3) is 0.472. The highest BCUT2D eigenvalue weighted by atomic mass is 16.5. The number of unbranched alkanes of at least 4 members (excludes halogenated alkanes) is 11. The molecule has 1 unspecified atom stereocenters. The molecule has 0 bridgehead atoms. The maximum atomic E-state index is 10.1. The summed E-state index contributed by atoms with van der Waals surface area (Å²) in [5.74, 6) is 7.73. The van der Waals surface area contributed by atoms with Crippen molar-refractivity contribution >= 4 is 0 Å². The molecule has 0 saturated heterocycles. The van der Waals surface area contributed by atoms with Crippen molar-refractivity contribution < 1.29 is 29.2 Å². The number of phenols is 2. The molecular formula is C72H108O6. The third-order valence-electron chi connectivity index (χ3n) is 13.9. The number of benzene rings is 6. The Kier molecular flexibility index (Phi) is 33.3. The lowest BCUT2D eigenvalue weighted by molar-refractivity contribution is 0.450. The summed E-state index contributed by atoms with van der Waals surface area (Å²) in [6.07, 6.45) is 20.8. The minimum absolute atomic E-state index is 0. The molecule has 0 aliphatic carbocycles. The molecule has 2 N–H and O–H groups in total. The van der Waals surface area contributed by atoms with Crippen molar-refractivity contribution in [2.75, 3.05) is 0 Å². The van der Waals surface area contributed by atoms with Crippen molar-refractivity contribution in [3.05, 3.63) is 164 Å². The Bertz CT molecular complexity index is 2610. The van der Waals surface area contributed by atoms with Gasteiger partial charge in [-0.2, -0.15) is 0 Å². The van der Waals surface area contributed by atoms with E-state index >= 15 is 0 Å². The Morgan fingerprint density at radius 1 is 0.385 bits per heavy atom. The van der Waals surface area contributed by atoms with Gasteiger partial charge in [0.25, 0.3) is 0 Å². The fourth-order valence-corrected chi connectivity index (χ4v) is 9.54. The Morgan fingerprint density at radius 2 is 0.654 bits per heavy atom. The van der Waals surface area contributed by atoms with E-state index in [9.17, 15) is 10.2 Å². The van der Waals surface area contributed by atoms with E-state index in [0.29, 0.717) is 17.4 Å².